The molecule has 0 saturated heterocycles. The molecular formula is C11H15BrFNO. The molecule has 0 aromatic heterocycles. The molecule has 0 radical (unpaired) electrons. The van der Waals surface area contributed by atoms with Crippen molar-refractivity contribution in [1.29, 1.82) is 0 Å². The van der Waals surface area contributed by atoms with E-state index in [1.165, 1.54) is 6.07 Å². The van der Waals surface area contributed by atoms with E-state index in [9.17, 15) is 9.50 Å². The summed E-state index contributed by atoms with van der Waals surface area (Å²) in [6.07, 6.45) is 0. The van der Waals surface area contributed by atoms with Crippen LogP contribution in [0.15, 0.2) is 22.7 Å². The first-order valence-corrected chi connectivity index (χ1v) is 5.49. The second-order valence-corrected chi connectivity index (χ2v) is 5.15. The Hall–Kier alpha value is -0.450. The molecule has 0 aliphatic rings. The van der Waals surface area contributed by atoms with Crippen LogP contribution in [0.3, 0.4) is 0 Å². The van der Waals surface area contributed by atoms with E-state index in [2.05, 4.69) is 15.9 Å². The first-order valence-electron chi connectivity index (χ1n) is 4.70. The third-order valence-corrected chi connectivity index (χ3v) is 3.16. The van der Waals surface area contributed by atoms with Gasteiger partial charge in [-0.25, -0.2) is 4.39 Å². The van der Waals surface area contributed by atoms with Crippen molar-refractivity contribution in [3.05, 3.63) is 34.1 Å². The Bertz CT molecular complexity index is 354. The Morgan fingerprint density at radius 3 is 2.60 bits per heavy atom. The molecule has 1 aromatic carbocycles. The van der Waals surface area contributed by atoms with E-state index in [1.807, 2.05) is 13.8 Å². The molecule has 0 spiro atoms. The van der Waals surface area contributed by atoms with Crippen LogP contribution < -0.4 is 5.73 Å². The van der Waals surface area contributed by atoms with Crippen molar-refractivity contribution in [1.82, 2.24) is 0 Å². The number of rotatable bonds is 3. The summed E-state index contributed by atoms with van der Waals surface area (Å²) >= 11 is 3.11. The van der Waals surface area contributed by atoms with Gasteiger partial charge in [-0.05, 0) is 33.6 Å². The molecule has 0 bridgehead atoms. The standard InChI is InChI=1S/C11H15BrFNO/c1-11(2,6-15)10(14)7-3-4-9(13)8(12)5-7/h3-5,10,15H,6,14H2,1-2H3/t10-/m0/s1. The van der Waals surface area contributed by atoms with Crippen molar-refractivity contribution in [2.75, 3.05) is 6.61 Å². The van der Waals surface area contributed by atoms with Gasteiger partial charge in [-0.1, -0.05) is 19.9 Å². The molecule has 15 heavy (non-hydrogen) atoms. The van der Waals surface area contributed by atoms with Crippen molar-refractivity contribution in [3.8, 4) is 0 Å². The van der Waals surface area contributed by atoms with Gasteiger partial charge >= 0.3 is 0 Å². The molecule has 0 saturated carbocycles. The number of aliphatic hydroxyl groups excluding tert-OH is 1. The molecular weight excluding hydrogens is 261 g/mol. The van der Waals surface area contributed by atoms with Gasteiger partial charge in [-0.3, -0.25) is 0 Å². The van der Waals surface area contributed by atoms with Gasteiger partial charge in [0.1, 0.15) is 5.82 Å². The summed E-state index contributed by atoms with van der Waals surface area (Å²) in [6.45, 7) is 3.73. The van der Waals surface area contributed by atoms with Gasteiger partial charge < -0.3 is 10.8 Å². The molecule has 0 aliphatic heterocycles. The van der Waals surface area contributed by atoms with Gasteiger partial charge in [0.15, 0.2) is 0 Å². The molecule has 1 rings (SSSR count). The summed E-state index contributed by atoms with van der Waals surface area (Å²) in [5, 5.41) is 9.18. The van der Waals surface area contributed by atoms with Crippen LogP contribution in [-0.4, -0.2) is 11.7 Å². The summed E-state index contributed by atoms with van der Waals surface area (Å²) in [7, 11) is 0. The first kappa shape index (κ1) is 12.6. The second kappa shape index (κ2) is 4.60. The predicted octanol–water partition coefficient (Wildman–Crippen LogP) is 2.61. The van der Waals surface area contributed by atoms with Crippen LogP contribution >= 0.6 is 15.9 Å². The van der Waals surface area contributed by atoms with Crippen molar-refractivity contribution >= 4 is 15.9 Å². The van der Waals surface area contributed by atoms with Crippen molar-refractivity contribution in [2.24, 2.45) is 11.1 Å². The topological polar surface area (TPSA) is 46.2 Å². The van der Waals surface area contributed by atoms with Crippen LogP contribution in [0.4, 0.5) is 4.39 Å². The highest BCUT2D eigenvalue weighted by Gasteiger charge is 2.27. The predicted molar refractivity (Wildman–Crippen MR) is 61.9 cm³/mol. The summed E-state index contributed by atoms with van der Waals surface area (Å²) in [5.41, 5.74) is 6.39. The highest BCUT2D eigenvalue weighted by molar-refractivity contribution is 9.10. The lowest BCUT2D eigenvalue weighted by atomic mass is 9.82. The zero-order valence-corrected chi connectivity index (χ0v) is 10.4. The van der Waals surface area contributed by atoms with E-state index in [1.54, 1.807) is 12.1 Å². The van der Waals surface area contributed by atoms with Crippen LogP contribution in [0.25, 0.3) is 0 Å². The number of halogens is 2. The maximum absolute atomic E-state index is 13.0. The fraction of sp³-hybridized carbons (Fsp3) is 0.455. The summed E-state index contributed by atoms with van der Waals surface area (Å²) < 4.78 is 13.4. The average molecular weight is 276 g/mol. The van der Waals surface area contributed by atoms with Gasteiger partial charge in [0.05, 0.1) is 4.47 Å². The fourth-order valence-corrected chi connectivity index (χ4v) is 1.65. The SMILES string of the molecule is CC(C)(CO)[C@@H](N)c1ccc(F)c(Br)c1. The summed E-state index contributed by atoms with van der Waals surface area (Å²) in [6, 6.07) is 4.34. The lowest BCUT2D eigenvalue weighted by molar-refractivity contribution is 0.132. The Morgan fingerprint density at radius 1 is 1.53 bits per heavy atom. The monoisotopic (exact) mass is 275 g/mol. The number of hydrogen-bond donors (Lipinski definition) is 2. The zero-order valence-electron chi connectivity index (χ0n) is 8.80. The molecule has 0 unspecified atom stereocenters. The molecule has 4 heteroatoms. The van der Waals surface area contributed by atoms with Gasteiger partial charge in [0.2, 0.25) is 0 Å². The maximum Gasteiger partial charge on any atom is 0.137 e. The molecule has 0 amide bonds. The summed E-state index contributed by atoms with van der Waals surface area (Å²) in [5.74, 6) is -0.312. The van der Waals surface area contributed by atoms with E-state index in [0.717, 1.165) is 5.56 Å². The molecule has 3 N–H and O–H groups in total. The normalized spacial score (nSPS) is 14.0. The number of aliphatic hydroxyl groups is 1. The highest BCUT2D eigenvalue weighted by Crippen LogP contribution is 2.32. The van der Waals surface area contributed by atoms with Crippen LogP contribution in [0.1, 0.15) is 25.5 Å². The lowest BCUT2D eigenvalue weighted by Crippen LogP contribution is -2.32. The molecule has 0 fully saturated rings. The van der Waals surface area contributed by atoms with Gasteiger partial charge in [-0.2, -0.15) is 0 Å². The molecule has 1 atom stereocenters. The fourth-order valence-electron chi connectivity index (χ4n) is 1.26. The van der Waals surface area contributed by atoms with Gasteiger partial charge in [0.25, 0.3) is 0 Å². The smallest absolute Gasteiger partial charge is 0.137 e. The first-order chi connectivity index (χ1) is 6.88. The Morgan fingerprint density at radius 2 is 2.13 bits per heavy atom. The van der Waals surface area contributed by atoms with Crippen LogP contribution in [0, 0.1) is 11.2 Å². The molecule has 2 nitrogen and oxygen atoms in total. The Balaban J connectivity index is 3.02. The number of benzene rings is 1. The van der Waals surface area contributed by atoms with E-state index in [0.29, 0.717) is 4.47 Å². The van der Waals surface area contributed by atoms with Gasteiger partial charge in [0, 0.05) is 18.1 Å². The minimum Gasteiger partial charge on any atom is -0.396 e. The minimum atomic E-state index is -0.419. The second-order valence-electron chi connectivity index (χ2n) is 4.30. The number of hydrogen-bond acceptors (Lipinski definition) is 2. The molecule has 84 valence electrons. The molecule has 0 heterocycles. The lowest BCUT2D eigenvalue weighted by Gasteiger charge is -2.29. The van der Waals surface area contributed by atoms with Crippen molar-refractivity contribution in [2.45, 2.75) is 19.9 Å². The van der Waals surface area contributed by atoms with Crippen LogP contribution in [0.2, 0.25) is 0 Å². The van der Waals surface area contributed by atoms with Crippen molar-refractivity contribution in [3.63, 3.8) is 0 Å². The van der Waals surface area contributed by atoms with E-state index >= 15 is 0 Å². The third-order valence-electron chi connectivity index (χ3n) is 2.55. The van der Waals surface area contributed by atoms with Crippen molar-refractivity contribution < 1.29 is 9.50 Å². The molecule has 0 aliphatic carbocycles. The quantitative estimate of drug-likeness (QED) is 0.891. The van der Waals surface area contributed by atoms with Crippen LogP contribution in [-0.2, 0) is 0 Å². The van der Waals surface area contributed by atoms with Crippen LogP contribution in [0.5, 0.6) is 0 Å². The minimum absolute atomic E-state index is 0.0108. The number of nitrogens with two attached hydrogens (primary N) is 1. The highest BCUT2D eigenvalue weighted by atomic mass is 79.9. The summed E-state index contributed by atoms with van der Waals surface area (Å²) in [4.78, 5) is 0. The largest absolute Gasteiger partial charge is 0.396 e. The van der Waals surface area contributed by atoms with E-state index in [4.69, 9.17) is 5.73 Å². The van der Waals surface area contributed by atoms with Gasteiger partial charge in [-0.15, -0.1) is 0 Å². The third kappa shape index (κ3) is 2.77. The Labute approximate surface area is 97.4 Å². The Kier molecular flexibility index (Phi) is 3.87. The zero-order chi connectivity index (χ0) is 11.6. The average Bonchev–Trinajstić information content (AvgIpc) is 2.21. The molecule has 1 aromatic rings. The van der Waals surface area contributed by atoms with E-state index in [-0.39, 0.29) is 18.5 Å². The van der Waals surface area contributed by atoms with E-state index < -0.39 is 5.41 Å². The maximum atomic E-state index is 13.0.